The van der Waals surface area contributed by atoms with Crippen LogP contribution in [0.5, 0.6) is 0 Å². The molecular formula is C14H14F3NO4. The van der Waals surface area contributed by atoms with Gasteiger partial charge in [0, 0.05) is 13.0 Å². The lowest BCUT2D eigenvalue weighted by atomic mass is 9.97. The van der Waals surface area contributed by atoms with Gasteiger partial charge < -0.3 is 15.1 Å². The molecule has 0 spiro atoms. The molecule has 1 saturated heterocycles. The zero-order chi connectivity index (χ0) is 16.5. The number of aliphatic hydroxyl groups excluding tert-OH is 1. The summed E-state index contributed by atoms with van der Waals surface area (Å²) in [6, 6.07) is 2.92. The normalized spacial score (nSPS) is 22.5. The van der Waals surface area contributed by atoms with Gasteiger partial charge in [-0.25, -0.2) is 4.79 Å². The number of likely N-dealkylation sites (tertiary alicyclic amines) is 1. The summed E-state index contributed by atoms with van der Waals surface area (Å²) in [5.74, 6) is -2.34. The first-order valence-electron chi connectivity index (χ1n) is 6.60. The van der Waals surface area contributed by atoms with Gasteiger partial charge in [-0.15, -0.1) is 0 Å². The summed E-state index contributed by atoms with van der Waals surface area (Å²) in [6.45, 7) is -0.108. The molecule has 22 heavy (non-hydrogen) atoms. The van der Waals surface area contributed by atoms with Crippen molar-refractivity contribution in [1.82, 2.24) is 4.90 Å². The number of halogens is 3. The number of rotatable bonds is 2. The predicted molar refractivity (Wildman–Crippen MR) is 69.1 cm³/mol. The van der Waals surface area contributed by atoms with E-state index in [0.29, 0.717) is 0 Å². The Kier molecular flexibility index (Phi) is 4.41. The molecule has 0 aromatic heterocycles. The molecule has 1 amide bonds. The number of alkyl halides is 3. The molecule has 1 fully saturated rings. The molecule has 1 aliphatic heterocycles. The molecule has 1 aromatic carbocycles. The van der Waals surface area contributed by atoms with Crippen LogP contribution in [0.15, 0.2) is 24.3 Å². The van der Waals surface area contributed by atoms with Crippen molar-refractivity contribution in [3.05, 3.63) is 35.4 Å². The lowest BCUT2D eigenvalue weighted by Crippen LogP contribution is -2.51. The van der Waals surface area contributed by atoms with Crippen LogP contribution in [-0.4, -0.2) is 45.7 Å². The minimum absolute atomic E-state index is 0.108. The molecule has 120 valence electrons. The lowest BCUT2D eigenvalue weighted by Gasteiger charge is -2.35. The summed E-state index contributed by atoms with van der Waals surface area (Å²) >= 11 is 0. The van der Waals surface area contributed by atoms with Crippen molar-refractivity contribution in [1.29, 1.82) is 0 Å². The molecule has 8 heteroatoms. The number of hydrogen-bond donors (Lipinski definition) is 2. The average Bonchev–Trinajstić information content (AvgIpc) is 2.45. The zero-order valence-electron chi connectivity index (χ0n) is 11.4. The van der Waals surface area contributed by atoms with Crippen molar-refractivity contribution < 1.29 is 33.0 Å². The summed E-state index contributed by atoms with van der Waals surface area (Å²) < 4.78 is 38.9. The maximum atomic E-state index is 13.0. The summed E-state index contributed by atoms with van der Waals surface area (Å²) in [5, 5.41) is 18.6. The number of aliphatic carboxylic acids is 1. The van der Waals surface area contributed by atoms with Crippen LogP contribution >= 0.6 is 0 Å². The highest BCUT2D eigenvalue weighted by Gasteiger charge is 2.40. The highest BCUT2D eigenvalue weighted by atomic mass is 19.4. The average molecular weight is 317 g/mol. The first-order chi connectivity index (χ1) is 10.2. The fourth-order valence-corrected chi connectivity index (χ4v) is 2.50. The molecule has 0 saturated carbocycles. The van der Waals surface area contributed by atoms with E-state index in [4.69, 9.17) is 5.11 Å². The Bertz CT molecular complexity index is 588. The maximum Gasteiger partial charge on any atom is 0.417 e. The van der Waals surface area contributed by atoms with E-state index < -0.39 is 41.3 Å². The molecule has 0 aliphatic carbocycles. The molecule has 5 nitrogen and oxygen atoms in total. The van der Waals surface area contributed by atoms with Gasteiger partial charge >= 0.3 is 12.1 Å². The lowest BCUT2D eigenvalue weighted by molar-refractivity contribution is -0.145. The second-order valence-electron chi connectivity index (χ2n) is 5.07. The molecular weight excluding hydrogens is 303 g/mol. The van der Waals surface area contributed by atoms with Crippen LogP contribution < -0.4 is 0 Å². The van der Waals surface area contributed by atoms with Crippen LogP contribution in [0.25, 0.3) is 0 Å². The smallest absolute Gasteiger partial charge is 0.417 e. The quantitative estimate of drug-likeness (QED) is 0.871. The number of nitrogens with zero attached hydrogens (tertiary/aromatic N) is 1. The predicted octanol–water partition coefficient (Wildman–Crippen LogP) is 1.76. The second kappa shape index (κ2) is 5.96. The van der Waals surface area contributed by atoms with Crippen LogP contribution in [0.4, 0.5) is 13.2 Å². The molecule has 1 aromatic rings. The zero-order valence-corrected chi connectivity index (χ0v) is 11.4. The van der Waals surface area contributed by atoms with Crippen molar-refractivity contribution in [2.45, 2.75) is 31.2 Å². The van der Waals surface area contributed by atoms with Gasteiger partial charge in [0.15, 0.2) is 0 Å². The molecule has 0 unspecified atom stereocenters. The number of amides is 1. The minimum Gasteiger partial charge on any atom is -0.480 e. The topological polar surface area (TPSA) is 77.8 Å². The third-order valence-corrected chi connectivity index (χ3v) is 3.58. The monoisotopic (exact) mass is 317 g/mol. The maximum absolute atomic E-state index is 13.0. The number of benzene rings is 1. The number of aliphatic hydroxyl groups is 1. The SMILES string of the molecule is O=C(O)[C@H]1C[C@@H](O)CCN1C(=O)c1ccccc1C(F)(F)F. The van der Waals surface area contributed by atoms with Crippen LogP contribution in [0, 0.1) is 0 Å². The molecule has 0 radical (unpaired) electrons. The van der Waals surface area contributed by atoms with E-state index in [0.717, 1.165) is 23.1 Å². The van der Waals surface area contributed by atoms with Crippen molar-refractivity contribution >= 4 is 11.9 Å². The number of carbonyl (C=O) groups is 2. The highest BCUT2D eigenvalue weighted by molar-refractivity contribution is 5.98. The Hall–Kier alpha value is -2.09. The van der Waals surface area contributed by atoms with Crippen molar-refractivity contribution in [2.75, 3.05) is 6.54 Å². The van der Waals surface area contributed by atoms with E-state index in [-0.39, 0.29) is 19.4 Å². The molecule has 1 aliphatic rings. The van der Waals surface area contributed by atoms with Gasteiger partial charge in [0.05, 0.1) is 17.2 Å². The van der Waals surface area contributed by atoms with Crippen molar-refractivity contribution in [3.63, 3.8) is 0 Å². The van der Waals surface area contributed by atoms with Gasteiger partial charge in [-0.3, -0.25) is 4.79 Å². The molecule has 2 N–H and O–H groups in total. The van der Waals surface area contributed by atoms with Crippen LogP contribution in [0.3, 0.4) is 0 Å². The van der Waals surface area contributed by atoms with Crippen molar-refractivity contribution in [3.8, 4) is 0 Å². The van der Waals surface area contributed by atoms with Gasteiger partial charge in [-0.2, -0.15) is 13.2 Å². The van der Waals surface area contributed by atoms with Crippen LogP contribution in [-0.2, 0) is 11.0 Å². The van der Waals surface area contributed by atoms with E-state index in [9.17, 15) is 27.9 Å². The van der Waals surface area contributed by atoms with E-state index >= 15 is 0 Å². The second-order valence-corrected chi connectivity index (χ2v) is 5.07. The first kappa shape index (κ1) is 16.3. The summed E-state index contributed by atoms with van der Waals surface area (Å²) in [6.07, 6.45) is -5.66. The third-order valence-electron chi connectivity index (χ3n) is 3.58. The van der Waals surface area contributed by atoms with Gasteiger partial charge in [0.1, 0.15) is 6.04 Å². The number of carbonyl (C=O) groups excluding carboxylic acids is 1. The van der Waals surface area contributed by atoms with Crippen molar-refractivity contribution in [2.24, 2.45) is 0 Å². The highest BCUT2D eigenvalue weighted by Crippen LogP contribution is 2.33. The third kappa shape index (κ3) is 3.22. The molecule has 2 rings (SSSR count). The van der Waals surface area contributed by atoms with Gasteiger partial charge in [0.2, 0.25) is 0 Å². The number of carboxylic acid groups (broad SMARTS) is 1. The Morgan fingerprint density at radius 3 is 2.45 bits per heavy atom. The van der Waals surface area contributed by atoms with Gasteiger partial charge in [-0.05, 0) is 18.6 Å². The Morgan fingerprint density at radius 2 is 1.86 bits per heavy atom. The minimum atomic E-state index is -4.71. The van der Waals surface area contributed by atoms with Crippen LogP contribution in [0.2, 0.25) is 0 Å². The molecule has 1 heterocycles. The summed E-state index contributed by atoms with van der Waals surface area (Å²) in [4.78, 5) is 24.4. The number of piperidine rings is 1. The summed E-state index contributed by atoms with van der Waals surface area (Å²) in [7, 11) is 0. The van der Waals surface area contributed by atoms with E-state index in [1.807, 2.05) is 0 Å². The Labute approximate surface area is 124 Å². The molecule has 0 bridgehead atoms. The fraction of sp³-hybridized carbons (Fsp3) is 0.429. The Morgan fingerprint density at radius 1 is 1.23 bits per heavy atom. The fourth-order valence-electron chi connectivity index (χ4n) is 2.50. The standard InChI is InChI=1S/C14H14F3NO4/c15-14(16,17)10-4-2-1-3-9(10)12(20)18-6-5-8(19)7-11(18)13(21)22/h1-4,8,11,19H,5-7H2,(H,21,22)/t8-,11+/m0/s1. The van der Waals surface area contributed by atoms with E-state index in [2.05, 4.69) is 0 Å². The van der Waals surface area contributed by atoms with E-state index in [1.165, 1.54) is 6.07 Å². The number of carboxylic acids is 1. The largest absolute Gasteiger partial charge is 0.480 e. The number of hydrogen-bond acceptors (Lipinski definition) is 3. The first-order valence-corrected chi connectivity index (χ1v) is 6.60. The molecule has 2 atom stereocenters. The Balaban J connectivity index is 2.37. The van der Waals surface area contributed by atoms with E-state index in [1.54, 1.807) is 0 Å². The van der Waals surface area contributed by atoms with Crippen LogP contribution in [0.1, 0.15) is 28.8 Å². The van der Waals surface area contributed by atoms with Gasteiger partial charge in [0.25, 0.3) is 5.91 Å². The van der Waals surface area contributed by atoms with Gasteiger partial charge in [-0.1, -0.05) is 12.1 Å². The summed E-state index contributed by atoms with van der Waals surface area (Å²) in [5.41, 5.74) is -1.69.